The van der Waals surface area contributed by atoms with Crippen molar-refractivity contribution in [3.05, 3.63) is 12.2 Å². The largest absolute Gasteiger partial charge is 0.466 e. The number of nitrogens with zero attached hydrogens (tertiary/aromatic N) is 1. The van der Waals surface area contributed by atoms with Crippen LogP contribution < -0.4 is 0 Å². The number of unbranched alkanes of at least 4 members (excludes halogenated alkanes) is 3. The predicted octanol–water partition coefficient (Wildman–Crippen LogP) is 4.20. The van der Waals surface area contributed by atoms with Crippen molar-refractivity contribution < 1.29 is 19.1 Å². The number of allylic oxidation sites excluding steroid dienone is 1. The molecule has 1 saturated heterocycles. The Balaban J connectivity index is 1.68. The normalized spacial score (nSPS) is 21.1. The Labute approximate surface area is 163 Å². The van der Waals surface area contributed by atoms with Crippen molar-refractivity contribution in [2.24, 2.45) is 5.92 Å². The zero-order valence-electron chi connectivity index (χ0n) is 16.8. The van der Waals surface area contributed by atoms with E-state index in [-0.39, 0.29) is 29.6 Å². The fourth-order valence-electron chi connectivity index (χ4n) is 4.11. The molecule has 0 aromatic rings. The van der Waals surface area contributed by atoms with Crippen LogP contribution in [0.4, 0.5) is 0 Å². The summed E-state index contributed by atoms with van der Waals surface area (Å²) in [5, 5.41) is 0. The molecule has 1 aliphatic carbocycles. The van der Waals surface area contributed by atoms with E-state index >= 15 is 0 Å². The minimum absolute atomic E-state index is 0.0737. The molecule has 0 aromatic heterocycles. The van der Waals surface area contributed by atoms with E-state index in [1.165, 1.54) is 6.42 Å². The molecule has 5 nitrogen and oxygen atoms in total. The summed E-state index contributed by atoms with van der Waals surface area (Å²) in [6, 6.07) is 0.0737. The second kappa shape index (κ2) is 11.9. The van der Waals surface area contributed by atoms with Gasteiger partial charge in [0.1, 0.15) is 0 Å². The lowest BCUT2D eigenvalue weighted by molar-refractivity contribution is -0.143. The number of carbonyl (C=O) groups excluding carboxylic acids is 3. The van der Waals surface area contributed by atoms with Gasteiger partial charge in [0, 0.05) is 25.3 Å². The van der Waals surface area contributed by atoms with Gasteiger partial charge in [0.2, 0.25) is 5.91 Å². The van der Waals surface area contributed by atoms with E-state index in [9.17, 15) is 14.4 Å². The number of esters is 1. The quantitative estimate of drug-likeness (QED) is 0.308. The van der Waals surface area contributed by atoms with Crippen molar-refractivity contribution in [3.8, 4) is 0 Å². The number of rotatable bonds is 11. The summed E-state index contributed by atoms with van der Waals surface area (Å²) in [7, 11) is 0. The Bertz CT molecular complexity index is 522. The molecule has 0 aromatic carbocycles. The highest BCUT2D eigenvalue weighted by Crippen LogP contribution is 2.26. The monoisotopic (exact) mass is 377 g/mol. The number of carbonyl (C=O) groups is 3. The van der Waals surface area contributed by atoms with Crippen LogP contribution in [0.25, 0.3) is 0 Å². The topological polar surface area (TPSA) is 63.7 Å². The summed E-state index contributed by atoms with van der Waals surface area (Å²) in [4.78, 5) is 37.7. The molecule has 27 heavy (non-hydrogen) atoms. The third-order valence-corrected chi connectivity index (χ3v) is 5.70. The molecule has 1 heterocycles. The van der Waals surface area contributed by atoms with Crippen LogP contribution in [-0.2, 0) is 19.1 Å². The maximum Gasteiger partial charge on any atom is 0.305 e. The summed E-state index contributed by atoms with van der Waals surface area (Å²) in [6.07, 6.45) is 14.9. The molecular formula is C22H35NO4. The van der Waals surface area contributed by atoms with Crippen molar-refractivity contribution in [3.63, 3.8) is 0 Å². The van der Waals surface area contributed by atoms with Crippen LogP contribution in [0.3, 0.4) is 0 Å². The molecule has 2 aliphatic rings. The van der Waals surface area contributed by atoms with Crippen molar-refractivity contribution in [2.75, 3.05) is 13.2 Å². The molecule has 152 valence electrons. The Morgan fingerprint density at radius 3 is 2.56 bits per heavy atom. The number of hydrogen-bond acceptors (Lipinski definition) is 4. The SMILES string of the molecule is CCOC(=O)CCCCCCN1C(=O)CC[C@@H]1/C=C/C(=O)C1CCCCC1. The van der Waals surface area contributed by atoms with E-state index < -0.39 is 0 Å². The molecule has 2 fully saturated rings. The average molecular weight is 378 g/mol. The van der Waals surface area contributed by atoms with E-state index in [1.807, 2.05) is 17.9 Å². The van der Waals surface area contributed by atoms with Gasteiger partial charge in [-0.05, 0) is 45.1 Å². The lowest BCUT2D eigenvalue weighted by atomic mass is 9.86. The van der Waals surface area contributed by atoms with Gasteiger partial charge in [0.05, 0.1) is 12.6 Å². The van der Waals surface area contributed by atoms with Gasteiger partial charge in [-0.3, -0.25) is 14.4 Å². The summed E-state index contributed by atoms with van der Waals surface area (Å²) in [5.41, 5.74) is 0. The molecule has 1 aliphatic heterocycles. The van der Waals surface area contributed by atoms with Crippen molar-refractivity contribution >= 4 is 17.7 Å². The van der Waals surface area contributed by atoms with E-state index in [2.05, 4.69) is 0 Å². The molecule has 2 rings (SSSR count). The minimum atomic E-state index is -0.125. The van der Waals surface area contributed by atoms with Gasteiger partial charge >= 0.3 is 5.97 Å². The van der Waals surface area contributed by atoms with E-state index in [1.54, 1.807) is 6.08 Å². The van der Waals surface area contributed by atoms with Crippen LogP contribution in [0, 0.1) is 5.92 Å². The highest BCUT2D eigenvalue weighted by molar-refractivity contribution is 5.92. The Kier molecular flexibility index (Phi) is 9.57. The molecule has 1 saturated carbocycles. The molecule has 0 N–H and O–H groups in total. The lowest BCUT2D eigenvalue weighted by Gasteiger charge is -2.23. The van der Waals surface area contributed by atoms with Crippen LogP contribution in [-0.4, -0.2) is 41.8 Å². The Morgan fingerprint density at radius 1 is 1.07 bits per heavy atom. The van der Waals surface area contributed by atoms with Gasteiger partial charge in [-0.2, -0.15) is 0 Å². The van der Waals surface area contributed by atoms with Crippen LogP contribution in [0.5, 0.6) is 0 Å². The third-order valence-electron chi connectivity index (χ3n) is 5.70. The maximum absolute atomic E-state index is 12.3. The van der Waals surface area contributed by atoms with Gasteiger partial charge in [-0.25, -0.2) is 0 Å². The first-order valence-corrected chi connectivity index (χ1v) is 10.8. The highest BCUT2D eigenvalue weighted by Gasteiger charge is 2.29. The second-order valence-corrected chi connectivity index (χ2v) is 7.76. The van der Waals surface area contributed by atoms with E-state index in [4.69, 9.17) is 4.74 Å². The minimum Gasteiger partial charge on any atom is -0.466 e. The smallest absolute Gasteiger partial charge is 0.305 e. The maximum atomic E-state index is 12.3. The van der Waals surface area contributed by atoms with Gasteiger partial charge in [-0.1, -0.05) is 38.2 Å². The average Bonchev–Trinajstić information content (AvgIpc) is 3.03. The molecule has 0 unspecified atom stereocenters. The molecule has 0 spiro atoms. The zero-order chi connectivity index (χ0) is 19.5. The van der Waals surface area contributed by atoms with Crippen molar-refractivity contribution in [2.45, 2.75) is 90.0 Å². The number of hydrogen-bond donors (Lipinski definition) is 0. The molecule has 1 atom stereocenters. The fourth-order valence-corrected chi connectivity index (χ4v) is 4.11. The first kappa shape index (κ1) is 21.6. The second-order valence-electron chi connectivity index (χ2n) is 7.76. The van der Waals surface area contributed by atoms with Gasteiger partial charge in [0.15, 0.2) is 5.78 Å². The summed E-state index contributed by atoms with van der Waals surface area (Å²) < 4.78 is 4.92. The fraction of sp³-hybridized carbons (Fsp3) is 0.773. The number of amides is 1. The first-order valence-electron chi connectivity index (χ1n) is 10.8. The number of likely N-dealkylation sites (tertiary alicyclic amines) is 1. The van der Waals surface area contributed by atoms with E-state index in [0.29, 0.717) is 19.4 Å². The van der Waals surface area contributed by atoms with Crippen LogP contribution in [0.2, 0.25) is 0 Å². The summed E-state index contributed by atoms with van der Waals surface area (Å²) >= 11 is 0. The molecule has 0 radical (unpaired) electrons. The van der Waals surface area contributed by atoms with Crippen LogP contribution in [0.15, 0.2) is 12.2 Å². The van der Waals surface area contributed by atoms with Crippen LogP contribution in [0.1, 0.15) is 84.0 Å². The number of ketones is 1. The molecule has 1 amide bonds. The van der Waals surface area contributed by atoms with E-state index in [0.717, 1.165) is 64.3 Å². The molecular weight excluding hydrogens is 342 g/mol. The van der Waals surface area contributed by atoms with Crippen molar-refractivity contribution in [1.29, 1.82) is 0 Å². The zero-order valence-corrected chi connectivity index (χ0v) is 16.8. The van der Waals surface area contributed by atoms with Gasteiger partial charge in [-0.15, -0.1) is 0 Å². The Morgan fingerprint density at radius 2 is 1.81 bits per heavy atom. The molecule has 5 heteroatoms. The standard InChI is InChI=1S/C22H35NO4/c1-2-27-22(26)12-8-3-4-9-17-23-19(14-16-21(23)25)13-15-20(24)18-10-6-5-7-11-18/h13,15,18-19H,2-12,14,16-17H2,1H3/b15-13+/t19-/m0/s1. The lowest BCUT2D eigenvalue weighted by Crippen LogP contribution is -2.32. The molecule has 0 bridgehead atoms. The van der Waals surface area contributed by atoms with Crippen LogP contribution >= 0.6 is 0 Å². The van der Waals surface area contributed by atoms with Gasteiger partial charge < -0.3 is 9.64 Å². The van der Waals surface area contributed by atoms with Crippen molar-refractivity contribution in [1.82, 2.24) is 4.90 Å². The summed E-state index contributed by atoms with van der Waals surface area (Å²) in [6.45, 7) is 3.00. The summed E-state index contributed by atoms with van der Waals surface area (Å²) in [5.74, 6) is 0.509. The highest BCUT2D eigenvalue weighted by atomic mass is 16.5. The number of ether oxygens (including phenoxy) is 1. The first-order chi connectivity index (χ1) is 13.1. The van der Waals surface area contributed by atoms with Gasteiger partial charge in [0.25, 0.3) is 0 Å². The Hall–Kier alpha value is -1.65. The predicted molar refractivity (Wildman–Crippen MR) is 105 cm³/mol. The third kappa shape index (κ3) is 7.47.